The fourth-order valence-electron chi connectivity index (χ4n) is 2.44. The standard InChI is InChI=1S/C18H17N5O/c24-18(13-7-9-19-17(11-13)21-14-5-6-14)22-15-3-1-4-16(12-15)23-10-2-8-20-23/h1-4,7-12,14H,5-6H2,(H,19,21)(H,22,24). The molecule has 3 aromatic rings. The van der Waals surface area contributed by atoms with Crippen molar-refractivity contribution in [3.63, 3.8) is 0 Å². The molecule has 0 atom stereocenters. The third-order valence-corrected chi connectivity index (χ3v) is 3.82. The lowest BCUT2D eigenvalue weighted by molar-refractivity contribution is 0.102. The minimum Gasteiger partial charge on any atom is -0.367 e. The SMILES string of the molecule is O=C(Nc1cccc(-n2cccn2)c1)c1ccnc(NC2CC2)c1. The topological polar surface area (TPSA) is 71.8 Å². The fraction of sp³-hybridized carbons (Fsp3) is 0.167. The molecule has 0 spiro atoms. The van der Waals surface area contributed by atoms with Gasteiger partial charge in [0.1, 0.15) is 5.82 Å². The van der Waals surface area contributed by atoms with Crippen LogP contribution in [0.25, 0.3) is 5.69 Å². The Hall–Kier alpha value is -3.15. The Labute approximate surface area is 139 Å². The maximum atomic E-state index is 12.5. The number of carbonyl (C=O) groups excluding carboxylic acids is 1. The van der Waals surface area contributed by atoms with E-state index in [4.69, 9.17) is 0 Å². The molecular weight excluding hydrogens is 302 g/mol. The second-order valence-corrected chi connectivity index (χ2v) is 5.80. The molecule has 1 saturated carbocycles. The largest absolute Gasteiger partial charge is 0.367 e. The summed E-state index contributed by atoms with van der Waals surface area (Å²) in [6.45, 7) is 0. The molecule has 2 aromatic heterocycles. The van der Waals surface area contributed by atoms with Crippen LogP contribution in [0.3, 0.4) is 0 Å². The highest BCUT2D eigenvalue weighted by atomic mass is 16.1. The third kappa shape index (κ3) is 3.27. The molecular formula is C18H17N5O. The number of pyridine rings is 1. The first-order chi connectivity index (χ1) is 11.8. The number of benzene rings is 1. The molecule has 0 bridgehead atoms. The monoisotopic (exact) mass is 319 g/mol. The number of amides is 1. The van der Waals surface area contributed by atoms with Crippen LogP contribution in [-0.2, 0) is 0 Å². The smallest absolute Gasteiger partial charge is 0.255 e. The zero-order valence-corrected chi connectivity index (χ0v) is 13.0. The summed E-state index contributed by atoms with van der Waals surface area (Å²) in [6.07, 6.45) is 7.56. The number of rotatable bonds is 5. The van der Waals surface area contributed by atoms with Crippen molar-refractivity contribution < 1.29 is 4.79 Å². The van der Waals surface area contributed by atoms with Gasteiger partial charge in [0.25, 0.3) is 5.91 Å². The zero-order chi connectivity index (χ0) is 16.4. The Morgan fingerprint density at radius 2 is 2.04 bits per heavy atom. The van der Waals surface area contributed by atoms with E-state index in [1.807, 2.05) is 36.5 Å². The summed E-state index contributed by atoms with van der Waals surface area (Å²) >= 11 is 0. The first kappa shape index (κ1) is 14.4. The summed E-state index contributed by atoms with van der Waals surface area (Å²) in [7, 11) is 0. The third-order valence-electron chi connectivity index (χ3n) is 3.82. The van der Waals surface area contributed by atoms with Gasteiger partial charge >= 0.3 is 0 Å². The lowest BCUT2D eigenvalue weighted by atomic mass is 10.2. The first-order valence-electron chi connectivity index (χ1n) is 7.92. The average molecular weight is 319 g/mol. The Balaban J connectivity index is 1.50. The van der Waals surface area contributed by atoms with Crippen LogP contribution in [0.1, 0.15) is 23.2 Å². The van der Waals surface area contributed by atoms with Gasteiger partial charge in [0, 0.05) is 35.9 Å². The maximum Gasteiger partial charge on any atom is 0.255 e. The first-order valence-corrected chi connectivity index (χ1v) is 7.92. The van der Waals surface area contributed by atoms with Gasteiger partial charge in [0.05, 0.1) is 5.69 Å². The van der Waals surface area contributed by atoms with Crippen LogP contribution < -0.4 is 10.6 Å². The minimum absolute atomic E-state index is 0.158. The summed E-state index contributed by atoms with van der Waals surface area (Å²) in [4.78, 5) is 16.7. The van der Waals surface area contributed by atoms with Gasteiger partial charge in [0.2, 0.25) is 0 Å². The Bertz CT molecular complexity index is 855. The fourth-order valence-corrected chi connectivity index (χ4v) is 2.44. The van der Waals surface area contributed by atoms with Crippen molar-refractivity contribution in [3.05, 3.63) is 66.6 Å². The van der Waals surface area contributed by atoms with Crippen molar-refractivity contribution >= 4 is 17.4 Å². The van der Waals surface area contributed by atoms with E-state index in [0.29, 0.717) is 11.6 Å². The lowest BCUT2D eigenvalue weighted by Gasteiger charge is -2.09. The van der Waals surface area contributed by atoms with E-state index >= 15 is 0 Å². The highest BCUT2D eigenvalue weighted by Gasteiger charge is 2.21. The summed E-state index contributed by atoms with van der Waals surface area (Å²) in [5.74, 6) is 0.587. The van der Waals surface area contributed by atoms with E-state index in [-0.39, 0.29) is 5.91 Å². The summed E-state index contributed by atoms with van der Waals surface area (Å²) in [5, 5.41) is 10.4. The molecule has 0 radical (unpaired) electrons. The normalized spacial score (nSPS) is 13.5. The van der Waals surface area contributed by atoms with E-state index in [0.717, 1.165) is 17.2 Å². The van der Waals surface area contributed by atoms with Crippen LogP contribution in [-0.4, -0.2) is 26.7 Å². The van der Waals surface area contributed by atoms with Crippen molar-refractivity contribution in [1.29, 1.82) is 0 Å². The summed E-state index contributed by atoms with van der Waals surface area (Å²) in [6, 6.07) is 13.4. The number of nitrogens with zero attached hydrogens (tertiary/aromatic N) is 3. The van der Waals surface area contributed by atoms with Gasteiger partial charge in [-0.05, 0) is 49.2 Å². The quantitative estimate of drug-likeness (QED) is 0.758. The molecule has 120 valence electrons. The maximum absolute atomic E-state index is 12.5. The van der Waals surface area contributed by atoms with Crippen LogP contribution >= 0.6 is 0 Å². The highest BCUT2D eigenvalue weighted by molar-refractivity contribution is 6.04. The molecule has 4 rings (SSSR count). The van der Waals surface area contributed by atoms with Crippen LogP contribution in [0.15, 0.2) is 61.1 Å². The molecule has 1 aliphatic carbocycles. The number of nitrogens with one attached hydrogen (secondary N) is 2. The molecule has 1 aromatic carbocycles. The molecule has 0 unspecified atom stereocenters. The van der Waals surface area contributed by atoms with Gasteiger partial charge < -0.3 is 10.6 Å². The molecule has 6 heteroatoms. The van der Waals surface area contributed by atoms with Gasteiger partial charge in [-0.15, -0.1) is 0 Å². The number of carbonyl (C=O) groups is 1. The predicted molar refractivity (Wildman–Crippen MR) is 92.4 cm³/mol. The second kappa shape index (κ2) is 6.16. The van der Waals surface area contributed by atoms with E-state index in [1.165, 1.54) is 12.8 Å². The average Bonchev–Trinajstić information content (AvgIpc) is 3.24. The van der Waals surface area contributed by atoms with Gasteiger partial charge in [-0.3, -0.25) is 4.79 Å². The molecule has 24 heavy (non-hydrogen) atoms. The van der Waals surface area contributed by atoms with Crippen molar-refractivity contribution in [2.45, 2.75) is 18.9 Å². The molecule has 1 fully saturated rings. The van der Waals surface area contributed by atoms with Crippen molar-refractivity contribution in [2.75, 3.05) is 10.6 Å². The van der Waals surface area contributed by atoms with E-state index < -0.39 is 0 Å². The Kier molecular flexibility index (Phi) is 3.70. The lowest BCUT2D eigenvalue weighted by Crippen LogP contribution is -2.13. The molecule has 1 aliphatic rings. The van der Waals surface area contributed by atoms with E-state index in [1.54, 1.807) is 29.2 Å². The zero-order valence-electron chi connectivity index (χ0n) is 13.0. The molecule has 2 N–H and O–H groups in total. The second-order valence-electron chi connectivity index (χ2n) is 5.80. The van der Waals surface area contributed by atoms with Crippen LogP contribution in [0, 0.1) is 0 Å². The van der Waals surface area contributed by atoms with Crippen molar-refractivity contribution in [2.24, 2.45) is 0 Å². The Morgan fingerprint density at radius 3 is 2.83 bits per heavy atom. The number of anilines is 2. The summed E-state index contributed by atoms with van der Waals surface area (Å²) < 4.78 is 1.75. The summed E-state index contributed by atoms with van der Waals surface area (Å²) in [5.41, 5.74) is 2.20. The molecule has 0 saturated heterocycles. The Morgan fingerprint density at radius 1 is 1.12 bits per heavy atom. The van der Waals surface area contributed by atoms with Gasteiger partial charge in [0.15, 0.2) is 0 Å². The molecule has 6 nitrogen and oxygen atoms in total. The van der Waals surface area contributed by atoms with Crippen LogP contribution in [0.5, 0.6) is 0 Å². The molecule has 1 amide bonds. The van der Waals surface area contributed by atoms with Crippen molar-refractivity contribution in [1.82, 2.24) is 14.8 Å². The van der Waals surface area contributed by atoms with E-state index in [2.05, 4.69) is 20.7 Å². The van der Waals surface area contributed by atoms with E-state index in [9.17, 15) is 4.79 Å². The van der Waals surface area contributed by atoms with Gasteiger partial charge in [-0.1, -0.05) is 6.07 Å². The number of hydrogen-bond acceptors (Lipinski definition) is 4. The van der Waals surface area contributed by atoms with Crippen LogP contribution in [0.2, 0.25) is 0 Å². The molecule has 2 heterocycles. The van der Waals surface area contributed by atoms with Gasteiger partial charge in [-0.25, -0.2) is 9.67 Å². The van der Waals surface area contributed by atoms with Gasteiger partial charge in [-0.2, -0.15) is 5.10 Å². The van der Waals surface area contributed by atoms with Crippen molar-refractivity contribution in [3.8, 4) is 5.69 Å². The number of aromatic nitrogens is 3. The van der Waals surface area contributed by atoms with Crippen LogP contribution in [0.4, 0.5) is 11.5 Å². The number of hydrogen-bond donors (Lipinski definition) is 2. The minimum atomic E-state index is -0.158. The predicted octanol–water partition coefficient (Wildman–Crippen LogP) is 3.09. The molecule has 0 aliphatic heterocycles. The highest BCUT2D eigenvalue weighted by Crippen LogP contribution is 2.24.